The molecule has 0 aromatic carbocycles. The van der Waals surface area contributed by atoms with Crippen LogP contribution in [0.3, 0.4) is 0 Å². The van der Waals surface area contributed by atoms with Crippen molar-refractivity contribution in [3.8, 4) is 0 Å². The molecule has 7 nitrogen and oxygen atoms in total. The van der Waals surface area contributed by atoms with Crippen molar-refractivity contribution in [1.82, 2.24) is 4.90 Å². The Morgan fingerprint density at radius 2 is 2.04 bits per heavy atom. The Labute approximate surface area is 151 Å². The monoisotopic (exact) mass is 389 g/mol. The molecule has 0 saturated carbocycles. The van der Waals surface area contributed by atoms with E-state index in [1.807, 2.05) is 17.5 Å². The number of thioether (sulfide) groups is 1. The molecule has 24 heavy (non-hydrogen) atoms. The average Bonchev–Trinajstić information content (AvgIpc) is 3.16. The number of hydrogen-bond donors (Lipinski definition) is 4. The lowest BCUT2D eigenvalue weighted by Gasteiger charge is -2.42. The van der Waals surface area contributed by atoms with Crippen molar-refractivity contribution in [3.05, 3.63) is 27.3 Å². The second kappa shape index (κ2) is 7.18. The number of aliphatic hydroxyl groups is 4. The summed E-state index contributed by atoms with van der Waals surface area (Å²) in [5.74, 6) is -0.456. The number of ether oxygens (including phenoxy) is 1. The fourth-order valence-corrected chi connectivity index (χ4v) is 4.53. The fourth-order valence-electron chi connectivity index (χ4n) is 2.50. The summed E-state index contributed by atoms with van der Waals surface area (Å²) >= 11 is 7.73. The summed E-state index contributed by atoms with van der Waals surface area (Å²) in [7, 11) is 0. The van der Waals surface area contributed by atoms with Crippen molar-refractivity contribution in [1.29, 1.82) is 0 Å². The van der Waals surface area contributed by atoms with Gasteiger partial charge in [0.05, 0.1) is 11.5 Å². The van der Waals surface area contributed by atoms with E-state index in [0.717, 1.165) is 21.5 Å². The molecule has 0 unspecified atom stereocenters. The summed E-state index contributed by atoms with van der Waals surface area (Å²) in [4.78, 5) is 15.0. The highest BCUT2D eigenvalue weighted by molar-refractivity contribution is 8.26. The Kier molecular flexibility index (Phi) is 5.37. The summed E-state index contributed by atoms with van der Waals surface area (Å²) in [5.41, 5.74) is 0. The highest BCUT2D eigenvalue weighted by Gasteiger charge is 2.50. The van der Waals surface area contributed by atoms with Gasteiger partial charge in [-0.3, -0.25) is 9.69 Å². The number of hydrogen-bond acceptors (Lipinski definition) is 9. The smallest absolute Gasteiger partial charge is 0.268 e. The number of thiophene rings is 1. The molecular formula is C14H15NO6S3. The van der Waals surface area contributed by atoms with Crippen molar-refractivity contribution < 1.29 is 30.0 Å². The molecule has 1 amide bonds. The zero-order valence-corrected chi connectivity index (χ0v) is 14.6. The Morgan fingerprint density at radius 1 is 1.29 bits per heavy atom. The van der Waals surface area contributed by atoms with Gasteiger partial charge in [-0.25, -0.2) is 0 Å². The molecule has 130 valence electrons. The topological polar surface area (TPSA) is 110 Å². The Morgan fingerprint density at radius 3 is 2.67 bits per heavy atom. The molecule has 4 N–H and O–H groups in total. The minimum absolute atomic E-state index is 0.173. The molecule has 1 aromatic rings. The second-order valence-corrected chi connectivity index (χ2v) is 7.94. The number of carbonyl (C=O) groups is 1. The molecule has 0 bridgehead atoms. The maximum absolute atomic E-state index is 12.6. The average molecular weight is 389 g/mol. The van der Waals surface area contributed by atoms with E-state index >= 15 is 0 Å². The molecule has 2 fully saturated rings. The lowest BCUT2D eigenvalue weighted by atomic mass is 9.98. The molecule has 2 aliphatic rings. The van der Waals surface area contributed by atoms with Crippen LogP contribution in [0.25, 0.3) is 6.08 Å². The van der Waals surface area contributed by atoms with E-state index < -0.39 is 43.2 Å². The highest BCUT2D eigenvalue weighted by atomic mass is 32.2. The molecule has 3 heterocycles. The van der Waals surface area contributed by atoms with Crippen LogP contribution < -0.4 is 0 Å². The van der Waals surface area contributed by atoms with E-state index in [1.165, 1.54) is 11.3 Å². The van der Waals surface area contributed by atoms with E-state index in [9.17, 15) is 25.2 Å². The second-order valence-electron chi connectivity index (χ2n) is 5.29. The third kappa shape index (κ3) is 3.16. The summed E-state index contributed by atoms with van der Waals surface area (Å²) in [6.07, 6.45) is -5.28. The van der Waals surface area contributed by atoms with Gasteiger partial charge in [0.15, 0.2) is 10.5 Å². The molecule has 5 atom stereocenters. The maximum atomic E-state index is 12.6. The van der Waals surface area contributed by atoms with E-state index in [4.69, 9.17) is 17.0 Å². The Balaban J connectivity index is 1.86. The van der Waals surface area contributed by atoms with Crippen LogP contribution in [-0.2, 0) is 9.53 Å². The Bertz CT molecular complexity index is 661. The first kappa shape index (κ1) is 18.0. The van der Waals surface area contributed by atoms with Crippen LogP contribution in [0.1, 0.15) is 4.88 Å². The third-order valence-electron chi connectivity index (χ3n) is 3.76. The predicted octanol–water partition coefficient (Wildman–Crippen LogP) is -0.251. The SMILES string of the molecule is O=C1/C(=C\c2cccs2)SC(=S)N1[C@@H]1O[C@H](CO)[C@H](O)[C@H](O)[C@H]1O. The summed E-state index contributed by atoms with van der Waals surface area (Å²) in [6, 6.07) is 3.71. The predicted molar refractivity (Wildman–Crippen MR) is 93.1 cm³/mol. The molecule has 1 aromatic heterocycles. The molecule has 10 heteroatoms. The van der Waals surface area contributed by atoms with Gasteiger partial charge in [-0.05, 0) is 17.5 Å². The van der Waals surface area contributed by atoms with Gasteiger partial charge >= 0.3 is 0 Å². The van der Waals surface area contributed by atoms with E-state index in [2.05, 4.69) is 0 Å². The van der Waals surface area contributed by atoms with Crippen LogP contribution >= 0.6 is 35.3 Å². The number of thiocarbonyl (C=S) groups is 1. The van der Waals surface area contributed by atoms with Crippen LogP contribution in [0.5, 0.6) is 0 Å². The lowest BCUT2D eigenvalue weighted by molar-refractivity contribution is -0.252. The molecule has 2 saturated heterocycles. The van der Waals surface area contributed by atoms with Gasteiger partial charge in [0.1, 0.15) is 24.4 Å². The molecule has 2 aliphatic heterocycles. The third-order valence-corrected chi connectivity index (χ3v) is 5.91. The van der Waals surface area contributed by atoms with Crippen LogP contribution in [0, 0.1) is 0 Å². The molecule has 0 radical (unpaired) electrons. The lowest BCUT2D eigenvalue weighted by Crippen LogP contribution is -2.63. The minimum atomic E-state index is -1.56. The standard InChI is InChI=1S/C14H15NO6S3/c16-5-7-9(17)10(18)11(19)13(21-7)15-12(20)8(24-14(15)22)4-6-2-1-3-23-6/h1-4,7,9-11,13,16-19H,5H2/b8-4+/t7-,9+,10+,11-,13-/m1/s1. The molecule has 0 spiro atoms. The van der Waals surface area contributed by atoms with Crippen molar-refractivity contribution in [3.63, 3.8) is 0 Å². The van der Waals surface area contributed by atoms with E-state index in [1.54, 1.807) is 6.08 Å². The summed E-state index contributed by atoms with van der Waals surface area (Å²) in [5, 5.41) is 41.0. The number of aliphatic hydroxyl groups excluding tert-OH is 4. The number of amides is 1. The first-order chi connectivity index (χ1) is 11.4. The zero-order valence-electron chi connectivity index (χ0n) is 12.2. The summed E-state index contributed by atoms with van der Waals surface area (Å²) < 4.78 is 5.58. The molecule has 3 rings (SSSR count). The van der Waals surface area contributed by atoms with E-state index in [-0.39, 0.29) is 4.32 Å². The Hall–Kier alpha value is -0.850. The first-order valence-electron chi connectivity index (χ1n) is 7.05. The van der Waals surface area contributed by atoms with Gasteiger partial charge in [-0.15, -0.1) is 11.3 Å². The quantitative estimate of drug-likeness (QED) is 0.414. The zero-order chi connectivity index (χ0) is 17.4. The highest BCUT2D eigenvalue weighted by Crippen LogP contribution is 2.37. The van der Waals surface area contributed by atoms with Crippen molar-refractivity contribution >= 4 is 51.6 Å². The van der Waals surface area contributed by atoms with Gasteiger partial charge in [0, 0.05) is 4.88 Å². The fraction of sp³-hybridized carbons (Fsp3) is 0.429. The van der Waals surface area contributed by atoms with Crippen LogP contribution in [0.4, 0.5) is 0 Å². The first-order valence-corrected chi connectivity index (χ1v) is 9.15. The number of nitrogens with zero attached hydrogens (tertiary/aromatic N) is 1. The molecule has 0 aliphatic carbocycles. The maximum Gasteiger partial charge on any atom is 0.268 e. The number of carbonyl (C=O) groups excluding carboxylic acids is 1. The van der Waals surface area contributed by atoms with Crippen molar-refractivity contribution in [2.24, 2.45) is 0 Å². The van der Waals surface area contributed by atoms with Gasteiger partial charge in [-0.1, -0.05) is 30.0 Å². The minimum Gasteiger partial charge on any atom is -0.394 e. The van der Waals surface area contributed by atoms with Crippen LogP contribution in [0.2, 0.25) is 0 Å². The van der Waals surface area contributed by atoms with Crippen molar-refractivity contribution in [2.45, 2.75) is 30.6 Å². The van der Waals surface area contributed by atoms with Gasteiger partial charge in [0.25, 0.3) is 5.91 Å². The van der Waals surface area contributed by atoms with Crippen LogP contribution in [-0.4, -0.2) is 72.8 Å². The van der Waals surface area contributed by atoms with Crippen molar-refractivity contribution in [2.75, 3.05) is 6.61 Å². The van der Waals surface area contributed by atoms with E-state index in [0.29, 0.717) is 4.91 Å². The normalized spacial score (nSPS) is 35.9. The van der Waals surface area contributed by atoms with Gasteiger partial charge in [0.2, 0.25) is 0 Å². The number of rotatable bonds is 3. The van der Waals surface area contributed by atoms with Crippen LogP contribution in [0.15, 0.2) is 22.4 Å². The molecular weight excluding hydrogens is 374 g/mol. The largest absolute Gasteiger partial charge is 0.394 e. The van der Waals surface area contributed by atoms with Gasteiger partial charge in [-0.2, -0.15) is 0 Å². The van der Waals surface area contributed by atoms with Gasteiger partial charge < -0.3 is 25.2 Å². The summed E-state index contributed by atoms with van der Waals surface area (Å²) in [6.45, 7) is -0.568.